The van der Waals surface area contributed by atoms with Crippen LogP contribution in [0.5, 0.6) is 0 Å². The highest BCUT2D eigenvalue weighted by Crippen LogP contribution is 2.30. The summed E-state index contributed by atoms with van der Waals surface area (Å²) in [5.74, 6) is 0. The topological polar surface area (TPSA) is 26.0 Å². The Labute approximate surface area is 126 Å². The zero-order chi connectivity index (χ0) is 17.1. The molecular formula is C17H26F3N. The van der Waals surface area contributed by atoms with Crippen molar-refractivity contribution in [1.29, 1.82) is 0 Å². The molecule has 21 heavy (non-hydrogen) atoms. The minimum atomic E-state index is -4.29. The van der Waals surface area contributed by atoms with Crippen LogP contribution in [0.2, 0.25) is 0 Å². The van der Waals surface area contributed by atoms with Crippen molar-refractivity contribution in [2.24, 2.45) is 5.73 Å². The Morgan fingerprint density at radius 2 is 1.38 bits per heavy atom. The SMILES string of the molecule is CC.CC.CC(=C/N)/C=C(\C)c1ccc(C(F)(F)F)cc1. The maximum absolute atomic E-state index is 12.3. The van der Waals surface area contributed by atoms with Gasteiger partial charge in [0.1, 0.15) is 0 Å². The van der Waals surface area contributed by atoms with Crippen molar-refractivity contribution in [2.45, 2.75) is 47.7 Å². The Morgan fingerprint density at radius 1 is 0.952 bits per heavy atom. The molecule has 1 rings (SSSR count). The van der Waals surface area contributed by atoms with Gasteiger partial charge in [-0.1, -0.05) is 45.9 Å². The summed E-state index contributed by atoms with van der Waals surface area (Å²) in [5, 5.41) is 0. The fourth-order valence-electron chi connectivity index (χ4n) is 1.40. The van der Waals surface area contributed by atoms with Crippen LogP contribution >= 0.6 is 0 Å². The lowest BCUT2D eigenvalue weighted by Crippen LogP contribution is -2.04. The Kier molecular flexibility index (Phi) is 11.3. The number of halogens is 3. The Hall–Kier alpha value is -1.71. The normalized spacial score (nSPS) is 11.9. The highest BCUT2D eigenvalue weighted by molar-refractivity contribution is 5.66. The number of nitrogens with two attached hydrogens (primary N) is 1. The summed E-state index contributed by atoms with van der Waals surface area (Å²) in [6.07, 6.45) is -1.01. The Morgan fingerprint density at radius 3 is 1.71 bits per heavy atom. The van der Waals surface area contributed by atoms with Crippen LogP contribution in [0.1, 0.15) is 52.7 Å². The van der Waals surface area contributed by atoms with Crippen molar-refractivity contribution < 1.29 is 13.2 Å². The molecule has 120 valence electrons. The number of alkyl halides is 3. The van der Waals surface area contributed by atoms with Crippen LogP contribution in [0.15, 0.2) is 42.1 Å². The van der Waals surface area contributed by atoms with Crippen LogP contribution < -0.4 is 5.73 Å². The molecule has 4 heteroatoms. The molecule has 0 atom stereocenters. The second kappa shape index (κ2) is 11.0. The van der Waals surface area contributed by atoms with Gasteiger partial charge in [0.2, 0.25) is 0 Å². The highest BCUT2D eigenvalue weighted by Gasteiger charge is 2.29. The fraction of sp³-hybridized carbons (Fsp3) is 0.412. The van der Waals surface area contributed by atoms with Gasteiger partial charge in [0, 0.05) is 0 Å². The van der Waals surface area contributed by atoms with Gasteiger partial charge in [0.05, 0.1) is 5.56 Å². The maximum atomic E-state index is 12.3. The maximum Gasteiger partial charge on any atom is 0.416 e. The van der Waals surface area contributed by atoms with E-state index in [1.807, 2.05) is 47.6 Å². The second-order valence-corrected chi connectivity index (χ2v) is 3.81. The quantitative estimate of drug-likeness (QED) is 0.664. The van der Waals surface area contributed by atoms with Crippen molar-refractivity contribution in [3.63, 3.8) is 0 Å². The van der Waals surface area contributed by atoms with E-state index in [9.17, 15) is 13.2 Å². The van der Waals surface area contributed by atoms with Crippen LogP contribution in [0, 0.1) is 0 Å². The first-order chi connectivity index (χ1) is 9.84. The van der Waals surface area contributed by atoms with Gasteiger partial charge in [-0.15, -0.1) is 0 Å². The molecule has 2 N–H and O–H groups in total. The third-order valence-electron chi connectivity index (χ3n) is 2.37. The predicted octanol–water partition coefficient (Wildman–Crippen LogP) is 6.02. The summed E-state index contributed by atoms with van der Waals surface area (Å²) in [7, 11) is 0. The summed E-state index contributed by atoms with van der Waals surface area (Å²) < 4.78 is 37.0. The summed E-state index contributed by atoms with van der Waals surface area (Å²) >= 11 is 0. The predicted molar refractivity (Wildman–Crippen MR) is 85.7 cm³/mol. The number of benzene rings is 1. The molecule has 0 saturated heterocycles. The van der Waals surface area contributed by atoms with E-state index >= 15 is 0 Å². The lowest BCUT2D eigenvalue weighted by molar-refractivity contribution is -0.137. The Bertz CT molecular complexity index is 440. The molecule has 0 amide bonds. The molecule has 0 spiro atoms. The summed E-state index contributed by atoms with van der Waals surface area (Å²) in [4.78, 5) is 0. The van der Waals surface area contributed by atoms with E-state index < -0.39 is 11.7 Å². The third-order valence-corrected chi connectivity index (χ3v) is 2.37. The zero-order valence-electron chi connectivity index (χ0n) is 13.7. The molecule has 0 aliphatic carbocycles. The smallest absolute Gasteiger partial charge is 0.404 e. The van der Waals surface area contributed by atoms with Crippen molar-refractivity contribution in [1.82, 2.24) is 0 Å². The molecule has 0 bridgehead atoms. The van der Waals surface area contributed by atoms with E-state index in [0.717, 1.165) is 28.8 Å². The van der Waals surface area contributed by atoms with E-state index in [1.165, 1.54) is 18.3 Å². The van der Waals surface area contributed by atoms with Gasteiger partial charge in [0.15, 0.2) is 0 Å². The molecule has 0 fully saturated rings. The van der Waals surface area contributed by atoms with E-state index in [1.54, 1.807) is 0 Å². The third kappa shape index (κ3) is 8.23. The minimum absolute atomic E-state index is 0.639. The van der Waals surface area contributed by atoms with Gasteiger partial charge in [-0.05, 0) is 48.9 Å². The number of allylic oxidation sites excluding steroid dienone is 3. The monoisotopic (exact) mass is 301 g/mol. The van der Waals surface area contributed by atoms with Crippen LogP contribution in [0.4, 0.5) is 13.2 Å². The first kappa shape index (κ1) is 21.6. The van der Waals surface area contributed by atoms with Gasteiger partial charge in [-0.2, -0.15) is 13.2 Å². The number of rotatable bonds is 2. The molecular weight excluding hydrogens is 275 g/mol. The van der Waals surface area contributed by atoms with Crippen LogP contribution in [-0.2, 0) is 6.18 Å². The van der Waals surface area contributed by atoms with Crippen molar-refractivity contribution in [2.75, 3.05) is 0 Å². The van der Waals surface area contributed by atoms with Crippen molar-refractivity contribution >= 4 is 5.57 Å². The average molecular weight is 301 g/mol. The lowest BCUT2D eigenvalue weighted by atomic mass is 10.0. The van der Waals surface area contributed by atoms with Crippen LogP contribution in [-0.4, -0.2) is 0 Å². The molecule has 0 aliphatic rings. The van der Waals surface area contributed by atoms with Crippen LogP contribution in [0.25, 0.3) is 5.57 Å². The van der Waals surface area contributed by atoms with Gasteiger partial charge in [-0.25, -0.2) is 0 Å². The van der Waals surface area contributed by atoms with Gasteiger partial charge in [-0.3, -0.25) is 0 Å². The van der Waals surface area contributed by atoms with Gasteiger partial charge in [0.25, 0.3) is 0 Å². The van der Waals surface area contributed by atoms with E-state index in [2.05, 4.69) is 0 Å². The summed E-state index contributed by atoms with van der Waals surface area (Å²) in [6.45, 7) is 11.7. The molecule has 1 aromatic rings. The van der Waals surface area contributed by atoms with Crippen molar-refractivity contribution in [3.05, 3.63) is 53.2 Å². The molecule has 0 radical (unpaired) electrons. The molecule has 0 aliphatic heterocycles. The van der Waals surface area contributed by atoms with E-state index in [4.69, 9.17) is 5.73 Å². The fourth-order valence-corrected chi connectivity index (χ4v) is 1.40. The average Bonchev–Trinajstić information content (AvgIpc) is 2.50. The molecule has 0 unspecified atom stereocenters. The molecule has 0 saturated carbocycles. The minimum Gasteiger partial charge on any atom is -0.404 e. The van der Waals surface area contributed by atoms with E-state index in [0.29, 0.717) is 0 Å². The largest absolute Gasteiger partial charge is 0.416 e. The van der Waals surface area contributed by atoms with Gasteiger partial charge >= 0.3 is 6.18 Å². The molecule has 0 heterocycles. The first-order valence-electron chi connectivity index (χ1n) is 7.09. The lowest BCUT2D eigenvalue weighted by Gasteiger charge is -2.08. The second-order valence-electron chi connectivity index (χ2n) is 3.81. The van der Waals surface area contributed by atoms with E-state index in [-0.39, 0.29) is 0 Å². The highest BCUT2D eigenvalue weighted by atomic mass is 19.4. The zero-order valence-corrected chi connectivity index (χ0v) is 13.7. The summed E-state index contributed by atoms with van der Waals surface area (Å²) in [6, 6.07) is 5.07. The number of hydrogen-bond acceptors (Lipinski definition) is 1. The van der Waals surface area contributed by atoms with Gasteiger partial charge < -0.3 is 5.73 Å². The first-order valence-corrected chi connectivity index (χ1v) is 7.09. The number of hydrogen-bond donors (Lipinski definition) is 1. The molecule has 1 aromatic carbocycles. The van der Waals surface area contributed by atoms with Crippen molar-refractivity contribution in [3.8, 4) is 0 Å². The van der Waals surface area contributed by atoms with Crippen LogP contribution in [0.3, 0.4) is 0 Å². The molecule has 1 nitrogen and oxygen atoms in total. The standard InChI is InChI=1S/C13H14F3N.2C2H6/c1-9(8-17)7-10(2)11-3-5-12(6-4-11)13(14,15)16;2*1-2/h3-8H,17H2,1-2H3;2*1-2H3/b9-8-,10-7+;;. The Balaban J connectivity index is 0. The summed E-state index contributed by atoms with van der Waals surface area (Å²) in [5.41, 5.74) is 7.17. The molecule has 0 aromatic heterocycles.